The van der Waals surface area contributed by atoms with Gasteiger partial charge in [0.1, 0.15) is 5.76 Å². The van der Waals surface area contributed by atoms with Gasteiger partial charge in [-0.15, -0.1) is 0 Å². The zero-order valence-corrected chi connectivity index (χ0v) is 16.8. The summed E-state index contributed by atoms with van der Waals surface area (Å²) >= 11 is 0. The second-order valence-electron chi connectivity index (χ2n) is 9.06. The van der Waals surface area contributed by atoms with Crippen molar-refractivity contribution in [3.05, 3.63) is 17.0 Å². The number of piperidine rings is 1. The largest absolute Gasteiger partial charge is 0.364 e. The lowest BCUT2D eigenvalue weighted by molar-refractivity contribution is -0.138. The van der Waals surface area contributed by atoms with Crippen LogP contribution in [0, 0.1) is 5.92 Å². The minimum absolute atomic E-state index is 0.0460. The normalized spacial score (nSPS) is 29.7. The molecule has 0 bridgehead atoms. The van der Waals surface area contributed by atoms with Gasteiger partial charge in [0.25, 0.3) is 5.91 Å². The molecule has 2 aliphatic carbocycles. The summed E-state index contributed by atoms with van der Waals surface area (Å²) in [6.07, 6.45) is 9.00. The summed E-state index contributed by atoms with van der Waals surface area (Å²) in [5.74, 6) is 1.08. The Morgan fingerprint density at radius 1 is 1.14 bits per heavy atom. The maximum atomic E-state index is 13.6. The van der Waals surface area contributed by atoms with Gasteiger partial charge in [0.2, 0.25) is 0 Å². The second kappa shape index (κ2) is 7.59. The van der Waals surface area contributed by atoms with E-state index in [1.165, 1.54) is 6.42 Å². The fraction of sp³-hybridized carbons (Fsp3) is 0.762. The van der Waals surface area contributed by atoms with E-state index in [1.54, 1.807) is 0 Å². The molecule has 3 fully saturated rings. The number of nitrogens with two attached hydrogens (primary N) is 2. The Kier molecular flexibility index (Phi) is 5.31. The average Bonchev–Trinajstić information content (AvgIpc) is 3.45. The van der Waals surface area contributed by atoms with E-state index in [9.17, 15) is 9.59 Å². The lowest BCUT2D eigenvalue weighted by Crippen LogP contribution is -2.60. The first-order valence-electron chi connectivity index (χ1n) is 10.7. The molecule has 1 aromatic rings. The topological polar surface area (TPSA) is 115 Å². The second-order valence-corrected chi connectivity index (χ2v) is 9.06. The van der Waals surface area contributed by atoms with Crippen LogP contribution in [0.15, 0.2) is 4.52 Å². The molecule has 4 N–H and O–H groups in total. The molecule has 2 heterocycles. The van der Waals surface area contributed by atoms with Crippen molar-refractivity contribution in [2.45, 2.75) is 82.1 Å². The van der Waals surface area contributed by atoms with Gasteiger partial charge < -0.3 is 16.0 Å². The number of carbonyl (C=O) groups excluding carboxylic acids is 2. The Morgan fingerprint density at radius 2 is 1.86 bits per heavy atom. The number of Topliss-reactive ketones (excluding diaryl/α,β-unsaturated/α-hetero) is 1. The summed E-state index contributed by atoms with van der Waals surface area (Å²) < 4.78 is 5.56. The minimum atomic E-state index is -0.618. The third-order valence-electron chi connectivity index (χ3n) is 7.16. The first-order chi connectivity index (χ1) is 13.5. The van der Waals surface area contributed by atoms with Gasteiger partial charge in [-0.2, -0.15) is 0 Å². The Morgan fingerprint density at radius 3 is 2.46 bits per heavy atom. The van der Waals surface area contributed by atoms with Crippen LogP contribution >= 0.6 is 0 Å². The Balaban J connectivity index is 1.65. The van der Waals surface area contributed by atoms with E-state index in [0.29, 0.717) is 24.8 Å². The van der Waals surface area contributed by atoms with Gasteiger partial charge in [0, 0.05) is 30.6 Å². The number of primary amides is 1. The molecule has 2 unspecified atom stereocenters. The number of hydrogen-bond donors (Lipinski definition) is 2. The van der Waals surface area contributed by atoms with Gasteiger partial charge >= 0.3 is 0 Å². The van der Waals surface area contributed by atoms with E-state index in [-0.39, 0.29) is 17.5 Å². The van der Waals surface area contributed by atoms with Gasteiger partial charge in [-0.05, 0) is 51.4 Å². The molecule has 4 rings (SSSR count). The van der Waals surface area contributed by atoms with E-state index in [1.807, 2.05) is 6.92 Å². The predicted octanol–water partition coefficient (Wildman–Crippen LogP) is 2.65. The first kappa shape index (κ1) is 19.6. The number of ketones is 1. The van der Waals surface area contributed by atoms with Crippen LogP contribution < -0.4 is 11.5 Å². The molecular formula is C21H32N4O3. The Bertz CT molecular complexity index is 751. The summed E-state index contributed by atoms with van der Waals surface area (Å²) in [5, 5.41) is 4.00. The molecule has 2 atom stereocenters. The van der Waals surface area contributed by atoms with E-state index in [0.717, 1.165) is 62.8 Å². The molecule has 28 heavy (non-hydrogen) atoms. The molecular weight excluding hydrogens is 356 g/mol. The standard InChI is InChI=1S/C21H32N4O3/c1-21(19(26)14-5-3-2-4-6-14)11-15(9-10-25(21)12-22)16-17(20(23)27)24-28-18(16)13-7-8-13/h13-15H,2-12,22H2,1H3,(H2,23,27). The number of aromatic nitrogens is 1. The highest BCUT2D eigenvalue weighted by atomic mass is 16.5. The van der Waals surface area contributed by atoms with Crippen molar-refractivity contribution >= 4 is 11.7 Å². The number of hydrogen-bond acceptors (Lipinski definition) is 6. The van der Waals surface area contributed by atoms with Crippen molar-refractivity contribution in [1.82, 2.24) is 10.1 Å². The van der Waals surface area contributed by atoms with Crippen LogP contribution in [0.4, 0.5) is 0 Å². The fourth-order valence-electron chi connectivity index (χ4n) is 5.39. The monoisotopic (exact) mass is 388 g/mol. The van der Waals surface area contributed by atoms with Gasteiger partial charge in [-0.1, -0.05) is 24.4 Å². The van der Waals surface area contributed by atoms with Crippen LogP contribution in [0.25, 0.3) is 0 Å². The van der Waals surface area contributed by atoms with Crippen LogP contribution in [0.2, 0.25) is 0 Å². The molecule has 0 spiro atoms. The molecule has 7 heteroatoms. The Hall–Kier alpha value is -1.73. The summed E-state index contributed by atoms with van der Waals surface area (Å²) in [5.41, 5.74) is 12.1. The summed E-state index contributed by atoms with van der Waals surface area (Å²) in [7, 11) is 0. The highest BCUT2D eigenvalue weighted by molar-refractivity contribution is 5.93. The molecule has 1 aliphatic heterocycles. The molecule has 1 amide bonds. The van der Waals surface area contributed by atoms with Crippen LogP contribution in [-0.2, 0) is 4.79 Å². The molecule has 0 radical (unpaired) electrons. The number of nitrogens with zero attached hydrogens (tertiary/aromatic N) is 2. The number of carbonyl (C=O) groups is 2. The predicted molar refractivity (Wildman–Crippen MR) is 105 cm³/mol. The van der Waals surface area contributed by atoms with Crippen molar-refractivity contribution in [2.75, 3.05) is 13.2 Å². The van der Waals surface area contributed by atoms with Gasteiger partial charge in [-0.25, -0.2) is 0 Å². The summed E-state index contributed by atoms with van der Waals surface area (Å²) in [4.78, 5) is 27.7. The molecule has 1 saturated heterocycles. The van der Waals surface area contributed by atoms with Crippen LogP contribution in [0.3, 0.4) is 0 Å². The van der Waals surface area contributed by atoms with Gasteiger partial charge in [0.05, 0.1) is 5.54 Å². The third kappa shape index (κ3) is 3.39. The van der Waals surface area contributed by atoms with E-state index in [4.69, 9.17) is 16.0 Å². The van der Waals surface area contributed by atoms with Crippen LogP contribution in [0.5, 0.6) is 0 Å². The smallest absolute Gasteiger partial charge is 0.271 e. The highest BCUT2D eigenvalue weighted by Gasteiger charge is 2.48. The van der Waals surface area contributed by atoms with Crippen LogP contribution in [0.1, 0.15) is 98.4 Å². The SMILES string of the molecule is CC1(C(=O)C2CCCCC2)CC(c2c(C(N)=O)noc2C2CC2)CCN1CN. The number of rotatable bonds is 6. The molecule has 0 aromatic carbocycles. The third-order valence-corrected chi connectivity index (χ3v) is 7.16. The van der Waals surface area contributed by atoms with E-state index >= 15 is 0 Å². The molecule has 2 saturated carbocycles. The lowest BCUT2D eigenvalue weighted by atomic mass is 9.70. The summed E-state index contributed by atoms with van der Waals surface area (Å²) in [6, 6.07) is 0. The maximum Gasteiger partial charge on any atom is 0.271 e. The molecule has 1 aromatic heterocycles. The van der Waals surface area contributed by atoms with Gasteiger partial charge in [0.15, 0.2) is 11.5 Å². The lowest BCUT2D eigenvalue weighted by Gasteiger charge is -2.47. The van der Waals surface area contributed by atoms with Crippen molar-refractivity contribution in [2.24, 2.45) is 17.4 Å². The quantitative estimate of drug-likeness (QED) is 0.774. The van der Waals surface area contributed by atoms with Gasteiger partial charge in [-0.3, -0.25) is 14.5 Å². The van der Waals surface area contributed by atoms with E-state index < -0.39 is 11.4 Å². The maximum absolute atomic E-state index is 13.6. The van der Waals surface area contributed by atoms with Crippen molar-refractivity contribution < 1.29 is 14.1 Å². The Labute approximate surface area is 166 Å². The fourth-order valence-corrected chi connectivity index (χ4v) is 5.39. The summed E-state index contributed by atoms with van der Waals surface area (Å²) in [6.45, 7) is 3.13. The minimum Gasteiger partial charge on any atom is -0.364 e. The zero-order chi connectivity index (χ0) is 19.9. The van der Waals surface area contributed by atoms with Crippen molar-refractivity contribution in [3.63, 3.8) is 0 Å². The van der Waals surface area contributed by atoms with Crippen molar-refractivity contribution in [3.8, 4) is 0 Å². The highest BCUT2D eigenvalue weighted by Crippen LogP contribution is 2.48. The average molecular weight is 389 g/mol. The number of amides is 1. The molecule has 3 aliphatic rings. The zero-order valence-electron chi connectivity index (χ0n) is 16.8. The van der Waals surface area contributed by atoms with E-state index in [2.05, 4.69) is 10.1 Å². The van der Waals surface area contributed by atoms with Crippen LogP contribution in [-0.4, -0.2) is 40.5 Å². The molecule has 7 nitrogen and oxygen atoms in total. The first-order valence-corrected chi connectivity index (χ1v) is 10.7. The number of likely N-dealkylation sites (tertiary alicyclic amines) is 1. The van der Waals surface area contributed by atoms with Crippen molar-refractivity contribution in [1.29, 1.82) is 0 Å². The molecule has 154 valence electrons.